The van der Waals surface area contributed by atoms with Crippen LogP contribution in [0.4, 0.5) is 5.95 Å². The highest BCUT2D eigenvalue weighted by Crippen LogP contribution is 2.35. The Morgan fingerprint density at radius 3 is 3.06 bits per heavy atom. The molecule has 4 heteroatoms. The number of pyridine rings is 1. The first-order chi connectivity index (χ1) is 8.24. The lowest BCUT2D eigenvalue weighted by molar-refractivity contribution is 0.742. The molecule has 1 unspecified atom stereocenters. The van der Waals surface area contributed by atoms with E-state index in [1.54, 1.807) is 0 Å². The number of aryl methyl sites for hydroxylation is 2. The highest BCUT2D eigenvalue weighted by Gasteiger charge is 2.26. The average molecular weight is 226 g/mol. The van der Waals surface area contributed by atoms with Gasteiger partial charge in [-0.3, -0.25) is 4.98 Å². The van der Waals surface area contributed by atoms with Gasteiger partial charge in [-0.05, 0) is 37.5 Å². The standard InChI is InChI=1S/C13H14N4/c1-8-7-11(17-13(14)16-8)10-5-4-9-3-2-6-15-12(9)10/h2-3,6-7,10H,4-5H2,1H3,(H2,14,16,17). The van der Waals surface area contributed by atoms with E-state index in [-0.39, 0.29) is 5.92 Å². The van der Waals surface area contributed by atoms with Gasteiger partial charge >= 0.3 is 0 Å². The Morgan fingerprint density at radius 1 is 1.35 bits per heavy atom. The van der Waals surface area contributed by atoms with E-state index in [1.165, 1.54) is 5.56 Å². The summed E-state index contributed by atoms with van der Waals surface area (Å²) in [6.45, 7) is 1.94. The quantitative estimate of drug-likeness (QED) is 0.805. The fourth-order valence-corrected chi connectivity index (χ4v) is 2.50. The SMILES string of the molecule is Cc1cc(C2CCc3cccnc32)nc(N)n1. The van der Waals surface area contributed by atoms with Crippen molar-refractivity contribution in [2.24, 2.45) is 0 Å². The summed E-state index contributed by atoms with van der Waals surface area (Å²) in [7, 11) is 0. The van der Waals surface area contributed by atoms with Gasteiger partial charge in [0.15, 0.2) is 0 Å². The van der Waals surface area contributed by atoms with Crippen LogP contribution in [0, 0.1) is 6.92 Å². The maximum atomic E-state index is 5.70. The average Bonchev–Trinajstić information content (AvgIpc) is 2.71. The van der Waals surface area contributed by atoms with E-state index >= 15 is 0 Å². The number of anilines is 1. The fourth-order valence-electron chi connectivity index (χ4n) is 2.50. The number of nitrogens with two attached hydrogens (primary N) is 1. The summed E-state index contributed by atoms with van der Waals surface area (Å²) in [4.78, 5) is 12.9. The molecule has 2 aromatic rings. The Balaban J connectivity index is 2.06. The lowest BCUT2D eigenvalue weighted by Gasteiger charge is -2.10. The number of nitrogen functional groups attached to an aromatic ring is 1. The van der Waals surface area contributed by atoms with Crippen LogP contribution in [0.5, 0.6) is 0 Å². The molecule has 86 valence electrons. The minimum Gasteiger partial charge on any atom is -0.368 e. The van der Waals surface area contributed by atoms with Gasteiger partial charge in [-0.1, -0.05) is 6.07 Å². The smallest absolute Gasteiger partial charge is 0.220 e. The van der Waals surface area contributed by atoms with Crippen LogP contribution >= 0.6 is 0 Å². The van der Waals surface area contributed by atoms with Gasteiger partial charge < -0.3 is 5.73 Å². The first kappa shape index (κ1) is 10.2. The molecule has 0 fully saturated rings. The molecule has 1 aliphatic carbocycles. The summed E-state index contributed by atoms with van der Waals surface area (Å²) in [5.74, 6) is 0.625. The predicted octanol–water partition coefficient (Wildman–Crippen LogP) is 1.84. The second-order valence-corrected chi connectivity index (χ2v) is 4.43. The van der Waals surface area contributed by atoms with Gasteiger partial charge in [-0.2, -0.15) is 0 Å². The third-order valence-corrected chi connectivity index (χ3v) is 3.21. The molecule has 1 aliphatic rings. The van der Waals surface area contributed by atoms with Gasteiger partial charge in [0.25, 0.3) is 0 Å². The Hall–Kier alpha value is -1.97. The van der Waals surface area contributed by atoms with E-state index < -0.39 is 0 Å². The van der Waals surface area contributed by atoms with Crippen LogP contribution < -0.4 is 5.73 Å². The van der Waals surface area contributed by atoms with E-state index in [0.717, 1.165) is 29.9 Å². The van der Waals surface area contributed by atoms with Gasteiger partial charge in [0, 0.05) is 17.8 Å². The Morgan fingerprint density at radius 2 is 2.24 bits per heavy atom. The number of nitrogens with zero attached hydrogens (tertiary/aromatic N) is 3. The summed E-state index contributed by atoms with van der Waals surface area (Å²) in [6.07, 6.45) is 3.97. The second kappa shape index (κ2) is 3.80. The number of hydrogen-bond acceptors (Lipinski definition) is 4. The summed E-state index contributed by atoms with van der Waals surface area (Å²) in [5, 5.41) is 0. The molecule has 17 heavy (non-hydrogen) atoms. The first-order valence-electron chi connectivity index (χ1n) is 5.79. The van der Waals surface area contributed by atoms with Crippen LogP contribution in [0.3, 0.4) is 0 Å². The zero-order chi connectivity index (χ0) is 11.8. The van der Waals surface area contributed by atoms with Crippen molar-refractivity contribution in [2.75, 3.05) is 5.73 Å². The molecule has 2 heterocycles. The maximum Gasteiger partial charge on any atom is 0.220 e. The van der Waals surface area contributed by atoms with Crippen molar-refractivity contribution in [1.82, 2.24) is 15.0 Å². The molecule has 0 aromatic carbocycles. The summed E-state index contributed by atoms with van der Waals surface area (Å²) in [5.41, 5.74) is 10.1. The van der Waals surface area contributed by atoms with Gasteiger partial charge in [-0.25, -0.2) is 9.97 Å². The lowest BCUT2D eigenvalue weighted by Crippen LogP contribution is -2.06. The lowest BCUT2D eigenvalue weighted by atomic mass is 10.0. The molecule has 0 amide bonds. The van der Waals surface area contributed by atoms with E-state index in [0.29, 0.717) is 5.95 Å². The van der Waals surface area contributed by atoms with Crippen LogP contribution in [0.25, 0.3) is 0 Å². The van der Waals surface area contributed by atoms with Crippen LogP contribution in [0.15, 0.2) is 24.4 Å². The molecule has 0 saturated carbocycles. The van der Waals surface area contributed by atoms with Crippen molar-refractivity contribution in [3.8, 4) is 0 Å². The Bertz CT molecular complexity index is 545. The van der Waals surface area contributed by atoms with E-state index in [2.05, 4.69) is 21.0 Å². The topological polar surface area (TPSA) is 64.7 Å². The minimum atomic E-state index is 0.273. The molecule has 0 spiro atoms. The highest BCUT2D eigenvalue weighted by molar-refractivity contribution is 5.37. The molecular formula is C13H14N4. The van der Waals surface area contributed by atoms with Gasteiger partial charge in [0.05, 0.1) is 11.4 Å². The minimum absolute atomic E-state index is 0.273. The zero-order valence-corrected chi connectivity index (χ0v) is 9.72. The highest BCUT2D eigenvalue weighted by atomic mass is 15.0. The zero-order valence-electron chi connectivity index (χ0n) is 9.72. The monoisotopic (exact) mass is 226 g/mol. The third kappa shape index (κ3) is 1.75. The maximum absolute atomic E-state index is 5.70. The van der Waals surface area contributed by atoms with Crippen LogP contribution in [0.1, 0.15) is 35.0 Å². The number of aromatic nitrogens is 3. The van der Waals surface area contributed by atoms with Crippen molar-refractivity contribution >= 4 is 5.95 Å². The van der Waals surface area contributed by atoms with Gasteiger partial charge in [-0.15, -0.1) is 0 Å². The molecule has 1 atom stereocenters. The molecular weight excluding hydrogens is 212 g/mol. The largest absolute Gasteiger partial charge is 0.368 e. The van der Waals surface area contributed by atoms with Crippen molar-refractivity contribution < 1.29 is 0 Å². The number of hydrogen-bond donors (Lipinski definition) is 1. The molecule has 0 aliphatic heterocycles. The van der Waals surface area contributed by atoms with Crippen molar-refractivity contribution in [3.05, 3.63) is 47.0 Å². The second-order valence-electron chi connectivity index (χ2n) is 4.43. The van der Waals surface area contributed by atoms with Crippen LogP contribution in [-0.4, -0.2) is 15.0 Å². The van der Waals surface area contributed by atoms with Gasteiger partial charge in [0.1, 0.15) is 0 Å². The predicted molar refractivity (Wildman–Crippen MR) is 65.6 cm³/mol. The van der Waals surface area contributed by atoms with Crippen LogP contribution in [-0.2, 0) is 6.42 Å². The van der Waals surface area contributed by atoms with Gasteiger partial charge in [0.2, 0.25) is 5.95 Å². The molecule has 0 bridgehead atoms. The van der Waals surface area contributed by atoms with E-state index in [4.69, 9.17) is 5.73 Å². The summed E-state index contributed by atoms with van der Waals surface area (Å²) >= 11 is 0. The van der Waals surface area contributed by atoms with Crippen LogP contribution in [0.2, 0.25) is 0 Å². The normalized spacial score (nSPS) is 18.1. The fraction of sp³-hybridized carbons (Fsp3) is 0.308. The van der Waals surface area contributed by atoms with E-state index in [1.807, 2.05) is 25.3 Å². The van der Waals surface area contributed by atoms with Crippen molar-refractivity contribution in [1.29, 1.82) is 0 Å². The number of fused-ring (bicyclic) bond motifs is 1. The number of rotatable bonds is 1. The molecule has 0 saturated heterocycles. The Labute approximate surface area is 99.9 Å². The first-order valence-corrected chi connectivity index (χ1v) is 5.79. The molecule has 2 aromatic heterocycles. The third-order valence-electron chi connectivity index (χ3n) is 3.21. The molecule has 3 rings (SSSR count). The molecule has 4 nitrogen and oxygen atoms in total. The Kier molecular flexibility index (Phi) is 2.28. The van der Waals surface area contributed by atoms with Crippen molar-refractivity contribution in [3.63, 3.8) is 0 Å². The van der Waals surface area contributed by atoms with E-state index in [9.17, 15) is 0 Å². The van der Waals surface area contributed by atoms with Crippen molar-refractivity contribution in [2.45, 2.75) is 25.7 Å². The summed E-state index contributed by atoms with van der Waals surface area (Å²) in [6, 6.07) is 6.13. The molecule has 2 N–H and O–H groups in total. The summed E-state index contributed by atoms with van der Waals surface area (Å²) < 4.78 is 0. The molecule has 0 radical (unpaired) electrons.